The second-order valence-corrected chi connectivity index (χ2v) is 15.5. The largest absolute Gasteiger partial charge is 0.0617 e. The molecule has 0 spiro atoms. The van der Waals surface area contributed by atoms with Crippen LogP contribution in [0.5, 0.6) is 0 Å². The first-order chi connectivity index (χ1) is 24.7. The molecule has 0 saturated heterocycles. The molecule has 10 aromatic rings. The van der Waals surface area contributed by atoms with E-state index in [2.05, 4.69) is 127 Å². The molecule has 234 valence electrons. The number of hydrogen-bond donors (Lipinski definition) is 0. The maximum absolute atomic E-state index is 6.26. The van der Waals surface area contributed by atoms with E-state index in [0.717, 1.165) is 55.3 Å². The van der Waals surface area contributed by atoms with Gasteiger partial charge in [-0.3, -0.25) is 0 Å². The molecule has 0 radical (unpaired) electrons. The Morgan fingerprint density at radius 1 is 0.360 bits per heavy atom. The van der Waals surface area contributed by atoms with Crippen LogP contribution in [0.15, 0.2) is 168 Å². The number of fused-ring (bicyclic) bond motifs is 6. The van der Waals surface area contributed by atoms with E-state index in [1.807, 2.05) is 36.4 Å². The Morgan fingerprint density at radius 2 is 0.920 bits per heavy atom. The molecule has 7 aromatic carbocycles. The Hall–Kier alpha value is -5.86. The van der Waals surface area contributed by atoms with Crippen LogP contribution in [0, 0.1) is 0 Å². The molecule has 4 nitrogen and oxygen atoms in total. The van der Waals surface area contributed by atoms with Gasteiger partial charge in [-0.1, -0.05) is 54.6 Å². The van der Waals surface area contributed by atoms with Crippen molar-refractivity contribution in [2.75, 3.05) is 0 Å². The first-order valence-corrected chi connectivity index (χ1v) is 18.9. The van der Waals surface area contributed by atoms with Crippen LogP contribution in [0.25, 0.3) is 95.9 Å². The van der Waals surface area contributed by atoms with Crippen LogP contribution in [0.2, 0.25) is 0 Å². The fourth-order valence-electron chi connectivity index (χ4n) is 6.93. The smallest absolute Gasteiger partial charge is 0.0544 e. The van der Waals surface area contributed by atoms with Crippen molar-refractivity contribution >= 4 is 59.9 Å². The average molecular weight is 753 g/mol. The summed E-state index contributed by atoms with van der Waals surface area (Å²) in [6, 6.07) is 57.4. The van der Waals surface area contributed by atoms with E-state index in [4.69, 9.17) is 19.4 Å². The van der Waals surface area contributed by atoms with Crippen molar-refractivity contribution in [1.82, 2.24) is 15.0 Å². The molecule has 10 rings (SSSR count). The van der Waals surface area contributed by atoms with Gasteiger partial charge >= 0.3 is 217 Å². The molecular weight excluding hydrogens is 726 g/mol. The molecular formula is C45H27N3OTe. The van der Waals surface area contributed by atoms with Gasteiger partial charge in [0.1, 0.15) is 5.58 Å². The van der Waals surface area contributed by atoms with Gasteiger partial charge < -0.3 is 4.42 Å². The molecule has 0 aliphatic heterocycles. The Kier molecular flexibility index (Phi) is 6.94. The number of nitrogens with zero attached hydrogens (tertiary/aromatic N) is 3. The normalized spacial score (nSPS) is 11.6. The van der Waals surface area contributed by atoms with Crippen molar-refractivity contribution in [1.29, 1.82) is 0 Å². The number of furan rings is 1. The first-order valence-electron chi connectivity index (χ1n) is 16.6. The molecule has 0 N–H and O–H groups in total. The minimum atomic E-state index is -0.415. The van der Waals surface area contributed by atoms with Gasteiger partial charge in [0, 0.05) is 0 Å². The summed E-state index contributed by atoms with van der Waals surface area (Å²) in [5.74, 6) is 1.86. The van der Waals surface area contributed by atoms with Crippen LogP contribution < -0.4 is 0 Å². The predicted octanol–water partition coefficient (Wildman–Crippen LogP) is 11.5. The minimum absolute atomic E-state index is 0.415. The van der Waals surface area contributed by atoms with E-state index in [-0.39, 0.29) is 0 Å². The van der Waals surface area contributed by atoms with E-state index in [1.54, 1.807) is 0 Å². The van der Waals surface area contributed by atoms with Gasteiger partial charge in [-0.25, -0.2) is 0 Å². The van der Waals surface area contributed by atoms with Crippen LogP contribution in [-0.2, 0) is 0 Å². The standard InChI is InChI=1S/C45H27N3OTe/c1-2-11-28(12-3-1)29-13-8-15-32(25-29)43-46-44(48-45(47-43)37-19-10-21-39-42(37)36-18-4-6-20-38(36)49-39)33-16-9-14-30(26-33)31-23-24-35-34-17-5-7-22-40(34)50-41(35)27-31/h1-27H. The number of rotatable bonds is 5. The molecule has 0 fully saturated rings. The van der Waals surface area contributed by atoms with E-state index < -0.39 is 20.4 Å². The SMILES string of the molecule is c1ccc(-c2cccc(-c3nc(-c4cccc(-c5ccc6c(c5)[te]c5ccccc56)c4)nc(-c4cccc5oc6ccccc6c45)n3)c2)cc1. The Labute approximate surface area is 298 Å². The molecule has 0 unspecified atom stereocenters. The van der Waals surface area contributed by atoms with Crippen molar-refractivity contribution < 1.29 is 4.42 Å². The zero-order chi connectivity index (χ0) is 33.0. The minimum Gasteiger partial charge on any atom is -0.0617 e. The van der Waals surface area contributed by atoms with Crippen LogP contribution in [0.3, 0.4) is 0 Å². The Bertz CT molecular complexity index is 2890. The molecule has 0 aliphatic rings. The van der Waals surface area contributed by atoms with Gasteiger partial charge in [-0.2, -0.15) is 0 Å². The molecule has 0 aliphatic carbocycles. The van der Waals surface area contributed by atoms with Crippen molar-refractivity contribution in [3.05, 3.63) is 164 Å². The van der Waals surface area contributed by atoms with E-state index >= 15 is 0 Å². The van der Waals surface area contributed by atoms with Gasteiger partial charge in [-0.05, 0) is 17.7 Å². The predicted molar refractivity (Wildman–Crippen MR) is 206 cm³/mol. The summed E-state index contributed by atoms with van der Waals surface area (Å²) >= 11 is -0.415. The fourth-order valence-corrected chi connectivity index (χ4v) is 10.2. The third kappa shape index (κ3) is 5.02. The summed E-state index contributed by atoms with van der Waals surface area (Å²) in [6.45, 7) is 0. The van der Waals surface area contributed by atoms with Crippen molar-refractivity contribution in [3.63, 3.8) is 0 Å². The second-order valence-electron chi connectivity index (χ2n) is 12.4. The molecule has 50 heavy (non-hydrogen) atoms. The van der Waals surface area contributed by atoms with Crippen molar-refractivity contribution in [3.8, 4) is 56.4 Å². The molecule has 5 heteroatoms. The topological polar surface area (TPSA) is 51.8 Å². The monoisotopic (exact) mass is 755 g/mol. The number of benzene rings is 7. The molecule has 0 atom stereocenters. The fraction of sp³-hybridized carbons (Fsp3) is 0. The van der Waals surface area contributed by atoms with E-state index in [9.17, 15) is 0 Å². The number of hydrogen-bond acceptors (Lipinski definition) is 4. The number of para-hydroxylation sites is 1. The number of aromatic nitrogens is 3. The maximum atomic E-state index is 6.26. The summed E-state index contributed by atoms with van der Waals surface area (Å²) in [7, 11) is 0. The zero-order valence-electron chi connectivity index (χ0n) is 26.7. The van der Waals surface area contributed by atoms with Crippen molar-refractivity contribution in [2.45, 2.75) is 0 Å². The van der Waals surface area contributed by atoms with E-state index in [1.165, 1.54) is 23.1 Å². The summed E-state index contributed by atoms with van der Waals surface area (Å²) in [6.07, 6.45) is 0. The quantitative estimate of drug-likeness (QED) is 0.164. The summed E-state index contributed by atoms with van der Waals surface area (Å²) in [5.41, 5.74) is 9.04. The third-order valence-corrected chi connectivity index (χ3v) is 12.6. The van der Waals surface area contributed by atoms with Gasteiger partial charge in [0.15, 0.2) is 0 Å². The molecule has 0 saturated carbocycles. The van der Waals surface area contributed by atoms with Crippen molar-refractivity contribution in [2.24, 2.45) is 0 Å². The summed E-state index contributed by atoms with van der Waals surface area (Å²) < 4.78 is 9.26. The van der Waals surface area contributed by atoms with Crippen LogP contribution in [0.4, 0.5) is 0 Å². The molecule has 0 amide bonds. The summed E-state index contributed by atoms with van der Waals surface area (Å²) in [5, 5.41) is 4.82. The molecule has 0 bridgehead atoms. The average Bonchev–Trinajstić information content (AvgIpc) is 3.76. The molecule has 3 heterocycles. The molecule has 3 aromatic heterocycles. The summed E-state index contributed by atoms with van der Waals surface area (Å²) in [4.78, 5) is 15.5. The van der Waals surface area contributed by atoms with Gasteiger partial charge in [0.2, 0.25) is 0 Å². The van der Waals surface area contributed by atoms with Crippen LogP contribution in [-0.4, -0.2) is 35.4 Å². The second kappa shape index (κ2) is 11.9. The van der Waals surface area contributed by atoms with Gasteiger partial charge in [0.05, 0.1) is 0 Å². The van der Waals surface area contributed by atoms with Gasteiger partial charge in [-0.15, -0.1) is 0 Å². The van der Waals surface area contributed by atoms with E-state index in [0.29, 0.717) is 17.5 Å². The third-order valence-electron chi connectivity index (χ3n) is 9.34. The Balaban J connectivity index is 1.15. The van der Waals surface area contributed by atoms with Gasteiger partial charge in [0.25, 0.3) is 0 Å². The van der Waals surface area contributed by atoms with Crippen LogP contribution >= 0.6 is 0 Å². The van der Waals surface area contributed by atoms with Crippen LogP contribution in [0.1, 0.15) is 0 Å². The Morgan fingerprint density at radius 3 is 1.72 bits per heavy atom. The first kappa shape index (κ1) is 29.1. The maximum Gasteiger partial charge on any atom is -0.0544 e. The zero-order valence-corrected chi connectivity index (χ0v) is 29.1.